The molecule has 1 aromatic heterocycles. The lowest BCUT2D eigenvalue weighted by Crippen LogP contribution is -2.31. The van der Waals surface area contributed by atoms with E-state index in [1.807, 2.05) is 6.92 Å². The van der Waals surface area contributed by atoms with E-state index in [1.165, 1.54) is 0 Å². The molecular formula is C22H29F2N3O2. The van der Waals surface area contributed by atoms with E-state index in [0.717, 1.165) is 18.4 Å². The number of benzene rings is 1. The van der Waals surface area contributed by atoms with Crippen molar-refractivity contribution >= 4 is 5.97 Å². The highest BCUT2D eigenvalue weighted by Gasteiger charge is 2.46. The molecule has 0 amide bonds. The van der Waals surface area contributed by atoms with Crippen molar-refractivity contribution in [3.63, 3.8) is 0 Å². The maximum absolute atomic E-state index is 15.3. The summed E-state index contributed by atoms with van der Waals surface area (Å²) in [4.78, 5) is 12.2. The number of ether oxygens (including phenoxy) is 1. The van der Waals surface area contributed by atoms with E-state index in [0.29, 0.717) is 30.6 Å². The molecule has 1 aliphatic rings. The largest absolute Gasteiger partial charge is 0.456 e. The molecule has 0 radical (unpaired) electrons. The van der Waals surface area contributed by atoms with Crippen LogP contribution in [0.25, 0.3) is 0 Å². The Morgan fingerprint density at radius 2 is 1.93 bits per heavy atom. The molecule has 158 valence electrons. The van der Waals surface area contributed by atoms with Crippen molar-refractivity contribution in [2.24, 2.45) is 5.92 Å². The third kappa shape index (κ3) is 4.82. The highest BCUT2D eigenvalue weighted by molar-refractivity contribution is 5.89. The Morgan fingerprint density at radius 1 is 1.24 bits per heavy atom. The maximum Gasteiger partial charge on any atom is 0.338 e. The third-order valence-electron chi connectivity index (χ3n) is 5.25. The number of fused-ring (bicyclic) bond motifs is 1. The minimum absolute atomic E-state index is 0.172. The van der Waals surface area contributed by atoms with Crippen LogP contribution in [-0.2, 0) is 30.0 Å². The lowest BCUT2D eigenvalue weighted by atomic mass is 9.83. The van der Waals surface area contributed by atoms with E-state index in [4.69, 9.17) is 4.74 Å². The molecule has 5 nitrogen and oxygen atoms in total. The molecule has 0 fully saturated rings. The van der Waals surface area contributed by atoms with E-state index >= 15 is 8.78 Å². The van der Waals surface area contributed by atoms with Crippen molar-refractivity contribution in [3.8, 4) is 0 Å². The van der Waals surface area contributed by atoms with Gasteiger partial charge in [-0.2, -0.15) is 8.78 Å². The van der Waals surface area contributed by atoms with Gasteiger partial charge >= 0.3 is 5.97 Å². The second kappa shape index (κ2) is 8.20. The predicted molar refractivity (Wildman–Crippen MR) is 106 cm³/mol. The summed E-state index contributed by atoms with van der Waals surface area (Å²) in [5, 5.41) is 7.78. The smallest absolute Gasteiger partial charge is 0.338 e. The highest BCUT2D eigenvalue weighted by atomic mass is 19.3. The molecule has 2 aromatic rings. The van der Waals surface area contributed by atoms with Gasteiger partial charge in [-0.15, -0.1) is 5.10 Å². The van der Waals surface area contributed by atoms with Crippen LogP contribution in [0.15, 0.2) is 24.3 Å². The lowest BCUT2D eigenvalue weighted by molar-refractivity contribution is -0.0751. The number of rotatable bonds is 4. The molecule has 1 unspecified atom stereocenters. The number of halogens is 2. The summed E-state index contributed by atoms with van der Waals surface area (Å²) in [7, 11) is 0. The molecule has 29 heavy (non-hydrogen) atoms. The van der Waals surface area contributed by atoms with Gasteiger partial charge in [-0.1, -0.05) is 23.8 Å². The number of aryl methyl sites for hydroxylation is 1. The zero-order valence-electron chi connectivity index (χ0n) is 17.5. The van der Waals surface area contributed by atoms with Gasteiger partial charge in [0.15, 0.2) is 5.69 Å². The fourth-order valence-electron chi connectivity index (χ4n) is 3.78. The molecule has 0 aliphatic heterocycles. The zero-order valence-corrected chi connectivity index (χ0v) is 17.5. The molecule has 7 heteroatoms. The van der Waals surface area contributed by atoms with Gasteiger partial charge in [0.25, 0.3) is 5.92 Å². The Kier molecular flexibility index (Phi) is 6.05. The molecule has 0 spiro atoms. The van der Waals surface area contributed by atoms with Crippen molar-refractivity contribution in [2.75, 3.05) is 0 Å². The molecule has 3 rings (SSSR count). The van der Waals surface area contributed by atoms with Gasteiger partial charge in [-0.3, -0.25) is 0 Å². The van der Waals surface area contributed by atoms with Crippen LogP contribution in [0, 0.1) is 5.92 Å². The Balaban J connectivity index is 1.79. The van der Waals surface area contributed by atoms with E-state index in [-0.39, 0.29) is 12.1 Å². The quantitative estimate of drug-likeness (QED) is 0.677. The molecule has 0 bridgehead atoms. The monoisotopic (exact) mass is 405 g/mol. The second-order valence-electron chi connectivity index (χ2n) is 8.67. The Labute approximate surface area is 170 Å². The van der Waals surface area contributed by atoms with Crippen LogP contribution in [0.4, 0.5) is 8.78 Å². The standard InChI is InChI=1S/C22H29F2N3O2/c1-5-27-18-9-7-6-8-17(22(23,24)19(18)25-26-27)14-15-10-12-16(13-11-15)20(28)29-21(2,3)4/h10-13,17H,5-9,14H2,1-4H3. The van der Waals surface area contributed by atoms with Gasteiger partial charge in [0.2, 0.25) is 0 Å². The van der Waals surface area contributed by atoms with Gasteiger partial charge in [-0.25, -0.2) is 9.48 Å². The first-order chi connectivity index (χ1) is 13.6. The van der Waals surface area contributed by atoms with E-state index in [9.17, 15) is 4.79 Å². The third-order valence-corrected chi connectivity index (χ3v) is 5.25. The summed E-state index contributed by atoms with van der Waals surface area (Å²) in [6.45, 7) is 7.83. The number of nitrogens with zero attached hydrogens (tertiary/aromatic N) is 3. The summed E-state index contributed by atoms with van der Waals surface area (Å²) in [6, 6.07) is 6.75. The molecule has 0 saturated carbocycles. The molecule has 0 saturated heterocycles. The van der Waals surface area contributed by atoms with Crippen molar-refractivity contribution in [1.82, 2.24) is 15.0 Å². The number of carbonyl (C=O) groups is 1. The normalized spacial score (nSPS) is 19.2. The van der Waals surface area contributed by atoms with E-state index in [2.05, 4.69) is 10.3 Å². The van der Waals surface area contributed by atoms with Gasteiger partial charge in [0, 0.05) is 12.5 Å². The van der Waals surface area contributed by atoms with E-state index < -0.39 is 23.4 Å². The minimum atomic E-state index is -3.03. The SMILES string of the molecule is CCn1nnc2c1CCCCC(Cc1ccc(C(=O)OC(C)(C)C)cc1)C2(F)F. The fourth-order valence-corrected chi connectivity index (χ4v) is 3.78. The first-order valence-electron chi connectivity index (χ1n) is 10.2. The van der Waals surface area contributed by atoms with Crippen LogP contribution in [-0.4, -0.2) is 26.6 Å². The molecule has 1 aliphatic carbocycles. The van der Waals surface area contributed by atoms with Crippen LogP contribution in [0.5, 0.6) is 0 Å². The summed E-state index contributed by atoms with van der Waals surface area (Å²) in [6.07, 6.45) is 2.83. The van der Waals surface area contributed by atoms with Crippen LogP contribution in [0.3, 0.4) is 0 Å². The van der Waals surface area contributed by atoms with Crippen LogP contribution in [0.2, 0.25) is 0 Å². The van der Waals surface area contributed by atoms with Crippen molar-refractivity contribution < 1.29 is 18.3 Å². The van der Waals surface area contributed by atoms with Crippen molar-refractivity contribution in [2.45, 2.75) is 77.9 Å². The van der Waals surface area contributed by atoms with Crippen LogP contribution < -0.4 is 0 Å². The first-order valence-corrected chi connectivity index (χ1v) is 10.2. The number of alkyl halides is 2. The predicted octanol–water partition coefficient (Wildman–Crippen LogP) is 4.93. The topological polar surface area (TPSA) is 57.0 Å². The van der Waals surface area contributed by atoms with Gasteiger partial charge in [-0.05, 0) is 71.1 Å². The van der Waals surface area contributed by atoms with Gasteiger partial charge in [0.05, 0.1) is 11.3 Å². The average Bonchev–Trinajstić information content (AvgIpc) is 3.05. The number of hydrogen-bond donors (Lipinski definition) is 0. The molecule has 1 heterocycles. The average molecular weight is 405 g/mol. The number of aromatic nitrogens is 3. The Morgan fingerprint density at radius 3 is 2.55 bits per heavy atom. The Bertz CT molecular complexity index is 854. The zero-order chi connectivity index (χ0) is 21.2. The first kappa shape index (κ1) is 21.4. The van der Waals surface area contributed by atoms with E-state index in [1.54, 1.807) is 49.7 Å². The molecule has 0 N–H and O–H groups in total. The van der Waals surface area contributed by atoms with Crippen molar-refractivity contribution in [3.05, 3.63) is 46.8 Å². The fraction of sp³-hybridized carbons (Fsp3) is 0.591. The number of esters is 1. The number of hydrogen-bond acceptors (Lipinski definition) is 4. The summed E-state index contributed by atoms with van der Waals surface area (Å²) >= 11 is 0. The summed E-state index contributed by atoms with van der Waals surface area (Å²) in [5.41, 5.74) is 0.995. The summed E-state index contributed by atoms with van der Waals surface area (Å²) < 4.78 is 37.6. The lowest BCUT2D eigenvalue weighted by Gasteiger charge is -2.28. The van der Waals surface area contributed by atoms with Gasteiger partial charge in [0.1, 0.15) is 5.60 Å². The summed E-state index contributed by atoms with van der Waals surface area (Å²) in [5.74, 6) is -4.30. The van der Waals surface area contributed by atoms with Crippen molar-refractivity contribution in [1.29, 1.82) is 0 Å². The second-order valence-corrected chi connectivity index (χ2v) is 8.67. The van der Waals surface area contributed by atoms with Crippen LogP contribution in [0.1, 0.15) is 74.3 Å². The number of carbonyl (C=O) groups excluding carboxylic acids is 1. The minimum Gasteiger partial charge on any atom is -0.456 e. The Hall–Kier alpha value is -2.31. The molecule has 1 aromatic carbocycles. The highest BCUT2D eigenvalue weighted by Crippen LogP contribution is 2.42. The molecule has 1 atom stereocenters. The molecular weight excluding hydrogens is 376 g/mol. The maximum atomic E-state index is 15.3. The van der Waals surface area contributed by atoms with Crippen LogP contribution >= 0.6 is 0 Å². The van der Waals surface area contributed by atoms with Gasteiger partial charge < -0.3 is 4.74 Å².